The lowest BCUT2D eigenvalue weighted by Crippen LogP contribution is -2.09. The van der Waals surface area contributed by atoms with E-state index in [0.29, 0.717) is 12.5 Å². The zero-order chi connectivity index (χ0) is 16.5. The molecule has 0 bridgehead atoms. The Hall–Kier alpha value is -0.0800. The summed E-state index contributed by atoms with van der Waals surface area (Å²) in [4.78, 5) is 0. The molecular formula is C20H42O2. The van der Waals surface area contributed by atoms with Gasteiger partial charge in [-0.2, -0.15) is 0 Å². The highest BCUT2D eigenvalue weighted by Crippen LogP contribution is 2.15. The number of aliphatic hydroxyl groups is 2. The SMILES string of the molecule is CC(C)CC(O)CCCCCCCCCCCCCCCO. The van der Waals surface area contributed by atoms with E-state index in [1.165, 1.54) is 77.0 Å². The van der Waals surface area contributed by atoms with Crippen molar-refractivity contribution in [1.82, 2.24) is 0 Å². The molecule has 0 aliphatic rings. The van der Waals surface area contributed by atoms with Gasteiger partial charge in [-0.3, -0.25) is 0 Å². The first-order valence-corrected chi connectivity index (χ1v) is 9.95. The van der Waals surface area contributed by atoms with E-state index in [1.807, 2.05) is 0 Å². The Balaban J connectivity index is 3.05. The molecule has 0 amide bonds. The first-order valence-electron chi connectivity index (χ1n) is 9.95. The van der Waals surface area contributed by atoms with Crippen molar-refractivity contribution in [2.75, 3.05) is 6.61 Å². The molecule has 0 radical (unpaired) electrons. The van der Waals surface area contributed by atoms with Crippen LogP contribution in [0, 0.1) is 5.92 Å². The Kier molecular flexibility index (Phi) is 17.2. The van der Waals surface area contributed by atoms with Crippen molar-refractivity contribution in [1.29, 1.82) is 0 Å². The summed E-state index contributed by atoms with van der Waals surface area (Å²) >= 11 is 0. The van der Waals surface area contributed by atoms with Crippen molar-refractivity contribution < 1.29 is 10.2 Å². The highest BCUT2D eigenvalue weighted by molar-refractivity contribution is 4.59. The van der Waals surface area contributed by atoms with Crippen LogP contribution in [0.1, 0.15) is 110 Å². The van der Waals surface area contributed by atoms with Crippen LogP contribution in [0.4, 0.5) is 0 Å². The quantitative estimate of drug-likeness (QED) is 0.331. The Morgan fingerprint density at radius 3 is 1.32 bits per heavy atom. The molecule has 0 aliphatic carbocycles. The average Bonchev–Trinajstić information content (AvgIpc) is 2.47. The van der Waals surface area contributed by atoms with Crippen molar-refractivity contribution in [2.24, 2.45) is 5.92 Å². The summed E-state index contributed by atoms with van der Waals surface area (Å²) in [5.41, 5.74) is 0. The molecule has 2 heteroatoms. The van der Waals surface area contributed by atoms with Crippen LogP contribution in [0.5, 0.6) is 0 Å². The Morgan fingerprint density at radius 2 is 0.955 bits per heavy atom. The van der Waals surface area contributed by atoms with Crippen LogP contribution in [0.15, 0.2) is 0 Å². The van der Waals surface area contributed by atoms with E-state index in [2.05, 4.69) is 13.8 Å². The van der Waals surface area contributed by atoms with Crippen molar-refractivity contribution in [2.45, 2.75) is 116 Å². The van der Waals surface area contributed by atoms with Gasteiger partial charge < -0.3 is 10.2 Å². The third-order valence-electron chi connectivity index (χ3n) is 4.44. The van der Waals surface area contributed by atoms with Crippen LogP contribution in [0.25, 0.3) is 0 Å². The molecule has 0 spiro atoms. The van der Waals surface area contributed by atoms with Crippen molar-refractivity contribution in [3.8, 4) is 0 Å². The molecule has 2 nitrogen and oxygen atoms in total. The zero-order valence-corrected chi connectivity index (χ0v) is 15.4. The summed E-state index contributed by atoms with van der Waals surface area (Å²) < 4.78 is 0. The van der Waals surface area contributed by atoms with E-state index in [1.54, 1.807) is 0 Å². The number of aliphatic hydroxyl groups excluding tert-OH is 2. The molecule has 1 unspecified atom stereocenters. The van der Waals surface area contributed by atoms with Crippen LogP contribution in [-0.2, 0) is 0 Å². The zero-order valence-electron chi connectivity index (χ0n) is 15.4. The normalized spacial score (nSPS) is 13.0. The Morgan fingerprint density at radius 1 is 0.591 bits per heavy atom. The molecule has 0 heterocycles. The maximum Gasteiger partial charge on any atom is 0.0542 e. The van der Waals surface area contributed by atoms with Gasteiger partial charge in [0.1, 0.15) is 0 Å². The number of hydrogen-bond acceptors (Lipinski definition) is 2. The molecule has 0 rings (SSSR count). The molecular weight excluding hydrogens is 272 g/mol. The maximum atomic E-state index is 9.80. The van der Waals surface area contributed by atoms with Gasteiger partial charge in [0, 0.05) is 6.61 Å². The third-order valence-corrected chi connectivity index (χ3v) is 4.44. The second-order valence-corrected chi connectivity index (χ2v) is 7.39. The van der Waals surface area contributed by atoms with Gasteiger partial charge in [-0.05, 0) is 25.2 Å². The standard InChI is InChI=1S/C20H42O2/c1-19(2)18-20(22)16-14-12-10-8-6-4-3-5-7-9-11-13-15-17-21/h19-22H,3-18H2,1-2H3. The lowest BCUT2D eigenvalue weighted by atomic mass is 10.00. The van der Waals surface area contributed by atoms with Crippen LogP contribution in [0.3, 0.4) is 0 Å². The molecule has 0 aromatic carbocycles. The summed E-state index contributed by atoms with van der Waals surface area (Å²) in [5.74, 6) is 0.615. The number of rotatable bonds is 17. The van der Waals surface area contributed by atoms with Crippen molar-refractivity contribution in [3.05, 3.63) is 0 Å². The monoisotopic (exact) mass is 314 g/mol. The lowest BCUT2D eigenvalue weighted by molar-refractivity contribution is 0.136. The topological polar surface area (TPSA) is 40.5 Å². The molecule has 2 N–H and O–H groups in total. The average molecular weight is 315 g/mol. The first-order chi connectivity index (χ1) is 10.7. The molecule has 1 atom stereocenters. The molecule has 0 aliphatic heterocycles. The van der Waals surface area contributed by atoms with Gasteiger partial charge in [0.05, 0.1) is 6.10 Å². The van der Waals surface area contributed by atoms with Crippen molar-refractivity contribution in [3.63, 3.8) is 0 Å². The number of unbranched alkanes of at least 4 members (excludes halogenated alkanes) is 12. The van der Waals surface area contributed by atoms with E-state index in [-0.39, 0.29) is 6.10 Å². The van der Waals surface area contributed by atoms with E-state index in [4.69, 9.17) is 5.11 Å². The highest BCUT2D eigenvalue weighted by Gasteiger charge is 2.05. The molecule has 0 aromatic rings. The summed E-state index contributed by atoms with van der Waals surface area (Å²) in [5, 5.41) is 18.5. The van der Waals surface area contributed by atoms with Gasteiger partial charge in [-0.15, -0.1) is 0 Å². The molecule has 0 fully saturated rings. The third kappa shape index (κ3) is 18.0. The first kappa shape index (κ1) is 21.9. The van der Waals surface area contributed by atoms with Gasteiger partial charge >= 0.3 is 0 Å². The summed E-state index contributed by atoms with van der Waals surface area (Å²) in [7, 11) is 0. The minimum absolute atomic E-state index is 0.0719. The molecule has 0 aromatic heterocycles. The van der Waals surface area contributed by atoms with E-state index in [9.17, 15) is 5.11 Å². The predicted octanol–water partition coefficient (Wildman–Crippen LogP) is 5.85. The fourth-order valence-corrected chi connectivity index (χ4v) is 3.10. The van der Waals surface area contributed by atoms with Gasteiger partial charge in [0.2, 0.25) is 0 Å². The van der Waals surface area contributed by atoms with Crippen LogP contribution in [-0.4, -0.2) is 22.9 Å². The van der Waals surface area contributed by atoms with Crippen LogP contribution >= 0.6 is 0 Å². The van der Waals surface area contributed by atoms with Gasteiger partial charge in [-0.1, -0.05) is 90.9 Å². The fraction of sp³-hybridized carbons (Fsp3) is 1.00. The summed E-state index contributed by atoms with van der Waals surface area (Å²) in [6, 6.07) is 0. The molecule has 0 saturated heterocycles. The van der Waals surface area contributed by atoms with Crippen molar-refractivity contribution >= 4 is 0 Å². The van der Waals surface area contributed by atoms with Crippen LogP contribution < -0.4 is 0 Å². The van der Waals surface area contributed by atoms with E-state index < -0.39 is 0 Å². The second-order valence-electron chi connectivity index (χ2n) is 7.39. The molecule has 0 saturated carbocycles. The van der Waals surface area contributed by atoms with E-state index >= 15 is 0 Å². The predicted molar refractivity (Wildman–Crippen MR) is 97.2 cm³/mol. The summed E-state index contributed by atoms with van der Waals surface area (Å²) in [6.07, 6.45) is 18.8. The minimum atomic E-state index is -0.0719. The molecule has 134 valence electrons. The van der Waals surface area contributed by atoms with Gasteiger partial charge in [0.15, 0.2) is 0 Å². The Bertz CT molecular complexity index is 204. The Labute approximate surface area is 139 Å². The fourth-order valence-electron chi connectivity index (χ4n) is 3.10. The number of hydrogen-bond donors (Lipinski definition) is 2. The maximum absolute atomic E-state index is 9.80. The molecule has 22 heavy (non-hydrogen) atoms. The summed E-state index contributed by atoms with van der Waals surface area (Å²) in [6.45, 7) is 4.72. The highest BCUT2D eigenvalue weighted by atomic mass is 16.3. The largest absolute Gasteiger partial charge is 0.396 e. The van der Waals surface area contributed by atoms with Gasteiger partial charge in [-0.25, -0.2) is 0 Å². The second kappa shape index (κ2) is 17.3. The van der Waals surface area contributed by atoms with Crippen LogP contribution in [0.2, 0.25) is 0 Å². The lowest BCUT2D eigenvalue weighted by Gasteiger charge is -2.12. The van der Waals surface area contributed by atoms with Gasteiger partial charge in [0.25, 0.3) is 0 Å². The van der Waals surface area contributed by atoms with E-state index in [0.717, 1.165) is 19.3 Å². The smallest absolute Gasteiger partial charge is 0.0542 e. The minimum Gasteiger partial charge on any atom is -0.396 e.